The zero-order valence-electron chi connectivity index (χ0n) is 8.91. The summed E-state index contributed by atoms with van der Waals surface area (Å²) in [5.74, 6) is -1.80. The van der Waals surface area contributed by atoms with Gasteiger partial charge in [-0.2, -0.15) is 5.26 Å². The summed E-state index contributed by atoms with van der Waals surface area (Å²) in [5.41, 5.74) is -0.203. The van der Waals surface area contributed by atoms with Gasteiger partial charge < -0.3 is 9.47 Å². The van der Waals surface area contributed by atoms with E-state index in [2.05, 4.69) is 0 Å². The highest BCUT2D eigenvalue weighted by Gasteiger charge is 2.19. The number of methoxy groups -OCH3 is 1. The molecule has 0 spiro atoms. The van der Waals surface area contributed by atoms with Gasteiger partial charge in [-0.3, -0.25) is 0 Å². The summed E-state index contributed by atoms with van der Waals surface area (Å²) in [7, 11) is 1.22. The van der Waals surface area contributed by atoms with Gasteiger partial charge in [-0.05, 0) is 19.1 Å². The molecule has 16 heavy (non-hydrogen) atoms. The second-order valence-electron chi connectivity index (χ2n) is 2.84. The number of nitriles is 1. The number of carbonyl (C=O) groups excluding carboxylic acids is 1. The molecule has 1 aromatic rings. The van der Waals surface area contributed by atoms with E-state index in [0.29, 0.717) is 0 Å². The van der Waals surface area contributed by atoms with Crippen LogP contribution in [0.1, 0.15) is 22.8 Å². The summed E-state index contributed by atoms with van der Waals surface area (Å²) in [5, 5.41) is 8.61. The summed E-state index contributed by atoms with van der Waals surface area (Å²) >= 11 is 0. The zero-order valence-corrected chi connectivity index (χ0v) is 8.91. The van der Waals surface area contributed by atoms with Gasteiger partial charge in [0, 0.05) is 0 Å². The Morgan fingerprint density at radius 3 is 2.75 bits per heavy atom. The van der Waals surface area contributed by atoms with E-state index in [1.165, 1.54) is 19.2 Å². The third-order valence-corrected chi connectivity index (χ3v) is 1.92. The van der Waals surface area contributed by atoms with E-state index in [1.807, 2.05) is 0 Å². The molecule has 0 bridgehead atoms. The van der Waals surface area contributed by atoms with E-state index in [4.69, 9.17) is 14.7 Å². The van der Waals surface area contributed by atoms with Gasteiger partial charge in [-0.25, -0.2) is 9.18 Å². The van der Waals surface area contributed by atoms with E-state index >= 15 is 0 Å². The van der Waals surface area contributed by atoms with Crippen LogP contribution in [0.3, 0.4) is 0 Å². The highest BCUT2D eigenvalue weighted by molar-refractivity contribution is 5.92. The minimum absolute atomic E-state index is 0.0270. The van der Waals surface area contributed by atoms with Crippen LogP contribution in [0.25, 0.3) is 0 Å². The largest absolute Gasteiger partial charge is 0.493 e. The van der Waals surface area contributed by atoms with Gasteiger partial charge in [0.2, 0.25) is 0 Å². The number of esters is 1. The maximum absolute atomic E-state index is 13.6. The van der Waals surface area contributed by atoms with Crippen molar-refractivity contribution in [1.82, 2.24) is 0 Å². The van der Waals surface area contributed by atoms with Crippen LogP contribution < -0.4 is 4.74 Å². The van der Waals surface area contributed by atoms with E-state index in [-0.39, 0.29) is 23.5 Å². The van der Waals surface area contributed by atoms with Gasteiger partial charge in [0.05, 0.1) is 19.3 Å². The first-order valence-electron chi connectivity index (χ1n) is 4.59. The summed E-state index contributed by atoms with van der Waals surface area (Å²) in [4.78, 5) is 11.4. The molecule has 0 aliphatic rings. The summed E-state index contributed by atoms with van der Waals surface area (Å²) in [6.45, 7) is 1.83. The summed E-state index contributed by atoms with van der Waals surface area (Å²) < 4.78 is 23.1. The average molecular weight is 223 g/mol. The van der Waals surface area contributed by atoms with Crippen LogP contribution in [-0.2, 0) is 4.74 Å². The van der Waals surface area contributed by atoms with Crippen molar-refractivity contribution in [3.8, 4) is 11.8 Å². The van der Waals surface area contributed by atoms with Crippen LogP contribution in [-0.4, -0.2) is 19.7 Å². The Balaban J connectivity index is 3.27. The van der Waals surface area contributed by atoms with Gasteiger partial charge >= 0.3 is 5.97 Å². The molecule has 4 nitrogen and oxygen atoms in total. The van der Waals surface area contributed by atoms with Crippen LogP contribution in [0.2, 0.25) is 0 Å². The van der Waals surface area contributed by atoms with E-state index in [9.17, 15) is 9.18 Å². The second-order valence-corrected chi connectivity index (χ2v) is 2.84. The SMILES string of the molecule is CCOC(=O)c1ccc(C#N)c(F)c1OC. The molecule has 1 rings (SSSR count). The molecule has 0 saturated heterocycles. The highest BCUT2D eigenvalue weighted by atomic mass is 19.1. The van der Waals surface area contributed by atoms with Crippen LogP contribution in [0.15, 0.2) is 12.1 Å². The summed E-state index contributed by atoms with van der Waals surface area (Å²) in [6.07, 6.45) is 0. The average Bonchev–Trinajstić information content (AvgIpc) is 2.28. The van der Waals surface area contributed by atoms with Gasteiger partial charge in [-0.1, -0.05) is 0 Å². The van der Waals surface area contributed by atoms with E-state index in [1.54, 1.807) is 13.0 Å². The number of hydrogen-bond acceptors (Lipinski definition) is 4. The van der Waals surface area contributed by atoms with Crippen LogP contribution >= 0.6 is 0 Å². The summed E-state index contributed by atoms with van der Waals surface area (Å²) in [6, 6.07) is 4.18. The Bertz CT molecular complexity index is 451. The molecule has 1 aromatic carbocycles. The molecule has 0 radical (unpaired) electrons. The lowest BCUT2D eigenvalue weighted by atomic mass is 10.1. The van der Waals surface area contributed by atoms with Crippen molar-refractivity contribution in [2.45, 2.75) is 6.92 Å². The minimum atomic E-state index is -0.851. The molecule has 0 aromatic heterocycles. The Morgan fingerprint density at radius 1 is 1.56 bits per heavy atom. The molecule has 0 saturated carbocycles. The maximum Gasteiger partial charge on any atom is 0.342 e. The predicted molar refractivity (Wildman–Crippen MR) is 53.6 cm³/mol. The number of halogens is 1. The van der Waals surface area contributed by atoms with E-state index in [0.717, 1.165) is 0 Å². The Morgan fingerprint density at radius 2 is 2.25 bits per heavy atom. The van der Waals surface area contributed by atoms with Gasteiger partial charge in [0.15, 0.2) is 11.6 Å². The lowest BCUT2D eigenvalue weighted by molar-refractivity contribution is 0.0521. The fourth-order valence-electron chi connectivity index (χ4n) is 1.21. The molecule has 0 N–H and O–H groups in total. The molecule has 0 heterocycles. The molecule has 5 heteroatoms. The highest BCUT2D eigenvalue weighted by Crippen LogP contribution is 2.25. The van der Waals surface area contributed by atoms with Gasteiger partial charge in [-0.15, -0.1) is 0 Å². The molecular weight excluding hydrogens is 213 g/mol. The topological polar surface area (TPSA) is 59.3 Å². The number of carbonyl (C=O) groups is 1. The first kappa shape index (κ1) is 12.0. The fraction of sp³-hybridized carbons (Fsp3) is 0.273. The van der Waals surface area contributed by atoms with Crippen molar-refractivity contribution >= 4 is 5.97 Å². The first-order chi connectivity index (χ1) is 7.65. The maximum atomic E-state index is 13.6. The van der Waals surface area contributed by atoms with Crippen molar-refractivity contribution in [2.24, 2.45) is 0 Å². The molecule has 0 amide bonds. The van der Waals surface area contributed by atoms with Crippen LogP contribution in [0.5, 0.6) is 5.75 Å². The monoisotopic (exact) mass is 223 g/mol. The molecule has 0 unspecified atom stereocenters. The van der Waals surface area contributed by atoms with Crippen molar-refractivity contribution in [2.75, 3.05) is 13.7 Å². The Kier molecular flexibility index (Phi) is 3.84. The van der Waals surface area contributed by atoms with E-state index < -0.39 is 11.8 Å². The van der Waals surface area contributed by atoms with Crippen molar-refractivity contribution < 1.29 is 18.7 Å². The normalized spacial score (nSPS) is 9.38. The third-order valence-electron chi connectivity index (χ3n) is 1.92. The molecule has 0 aliphatic carbocycles. The molecular formula is C11H10FNO3. The quantitative estimate of drug-likeness (QED) is 0.734. The number of hydrogen-bond donors (Lipinski definition) is 0. The second kappa shape index (κ2) is 5.12. The predicted octanol–water partition coefficient (Wildman–Crippen LogP) is 1.88. The fourth-order valence-corrected chi connectivity index (χ4v) is 1.21. The minimum Gasteiger partial charge on any atom is -0.493 e. The third kappa shape index (κ3) is 2.11. The molecule has 84 valence electrons. The number of benzene rings is 1. The van der Waals surface area contributed by atoms with Crippen LogP contribution in [0, 0.1) is 17.1 Å². The Labute approximate surface area is 92.2 Å². The molecule has 0 fully saturated rings. The van der Waals surface area contributed by atoms with Gasteiger partial charge in [0.25, 0.3) is 0 Å². The van der Waals surface area contributed by atoms with Crippen molar-refractivity contribution in [3.63, 3.8) is 0 Å². The smallest absolute Gasteiger partial charge is 0.342 e. The van der Waals surface area contributed by atoms with Gasteiger partial charge in [0.1, 0.15) is 11.6 Å². The standard InChI is InChI=1S/C11H10FNO3/c1-3-16-11(14)8-5-4-7(6-13)9(12)10(8)15-2/h4-5H,3H2,1-2H3. The lowest BCUT2D eigenvalue weighted by Crippen LogP contribution is -2.08. The number of ether oxygens (including phenoxy) is 2. The zero-order chi connectivity index (χ0) is 12.1. The molecule has 0 aliphatic heterocycles. The van der Waals surface area contributed by atoms with Crippen molar-refractivity contribution in [1.29, 1.82) is 5.26 Å². The Hall–Kier alpha value is -2.09. The number of rotatable bonds is 3. The molecule has 0 atom stereocenters. The lowest BCUT2D eigenvalue weighted by Gasteiger charge is -2.09. The van der Waals surface area contributed by atoms with Crippen LogP contribution in [0.4, 0.5) is 4.39 Å². The van der Waals surface area contributed by atoms with Crippen molar-refractivity contribution in [3.05, 3.63) is 29.1 Å². The number of nitrogens with zero attached hydrogens (tertiary/aromatic N) is 1. The first-order valence-corrected chi connectivity index (χ1v) is 4.59.